The molecule has 3 rings (SSSR count). The Balaban J connectivity index is 2.01. The monoisotopic (exact) mass is 504 g/mol. The Kier molecular flexibility index (Phi) is 6.56. The van der Waals surface area contributed by atoms with Gasteiger partial charge in [0.25, 0.3) is 11.8 Å². The van der Waals surface area contributed by atoms with E-state index in [-0.39, 0.29) is 5.52 Å². The van der Waals surface area contributed by atoms with E-state index in [1.54, 1.807) is 0 Å². The van der Waals surface area contributed by atoms with E-state index in [4.69, 9.17) is 11.0 Å². The predicted molar refractivity (Wildman–Crippen MR) is 108 cm³/mol. The smallest absolute Gasteiger partial charge is 0.336 e. The molecule has 0 fully saturated rings. The Labute approximate surface area is 192 Å². The van der Waals surface area contributed by atoms with Crippen LogP contribution in [0.2, 0.25) is 0 Å². The van der Waals surface area contributed by atoms with Crippen molar-refractivity contribution >= 4 is 16.8 Å². The molecule has 0 saturated heterocycles. The van der Waals surface area contributed by atoms with Crippen molar-refractivity contribution in [1.82, 2.24) is 9.88 Å². The number of hydrogen-bond acceptors (Lipinski definition) is 3. The summed E-state index contributed by atoms with van der Waals surface area (Å²) in [6.45, 7) is -0.195. The minimum Gasteiger partial charge on any atom is -0.336 e. The Bertz CT molecular complexity index is 1310. The number of fused-ring (bicyclic) bond motifs is 1. The maximum atomic E-state index is 14.3. The quantitative estimate of drug-likeness (QED) is 0.362. The number of carbonyl (C=O) groups is 1. The van der Waals surface area contributed by atoms with Crippen molar-refractivity contribution in [3.05, 3.63) is 70.4 Å². The molecule has 0 aliphatic heterocycles. The zero-order valence-corrected chi connectivity index (χ0v) is 17.7. The molecule has 0 saturated carbocycles. The topological polar surface area (TPSA) is 83.8 Å². The number of nitrogens with zero attached hydrogens (tertiary/aromatic N) is 2. The first-order valence-electron chi connectivity index (χ1n) is 9.79. The third-order valence-electron chi connectivity index (χ3n) is 5.09. The molecule has 1 aromatic heterocycles. The molecule has 1 atom stereocenters. The fraction of sp³-hybridized carbons (Fsp3) is 0.273. The summed E-state index contributed by atoms with van der Waals surface area (Å²) >= 11 is 0. The van der Waals surface area contributed by atoms with Crippen molar-refractivity contribution in [2.24, 2.45) is 5.73 Å². The lowest BCUT2D eigenvalue weighted by Gasteiger charge is -2.20. The fourth-order valence-electron chi connectivity index (χ4n) is 3.62. The van der Waals surface area contributed by atoms with E-state index < -0.39 is 70.2 Å². The molecule has 0 radical (unpaired) electrons. The lowest BCUT2D eigenvalue weighted by molar-refractivity contribution is -0.138. The number of amides is 1. The summed E-state index contributed by atoms with van der Waals surface area (Å²) < 4.78 is 109. The molecule has 5 nitrogen and oxygen atoms in total. The number of nitrogens with two attached hydrogens (primary N) is 1. The summed E-state index contributed by atoms with van der Waals surface area (Å²) in [4.78, 5) is 12.4. The highest BCUT2D eigenvalue weighted by Gasteiger charge is 2.39. The number of benzene rings is 2. The van der Waals surface area contributed by atoms with Crippen molar-refractivity contribution in [1.29, 1.82) is 5.26 Å². The second-order valence-electron chi connectivity index (χ2n) is 7.72. The van der Waals surface area contributed by atoms with E-state index in [2.05, 4.69) is 5.32 Å². The summed E-state index contributed by atoms with van der Waals surface area (Å²) in [6, 6.07) is 7.22. The lowest BCUT2D eigenvalue weighted by atomic mass is 10.0. The zero-order chi connectivity index (χ0) is 26.3. The summed E-state index contributed by atoms with van der Waals surface area (Å²) in [5.74, 6) is -4.69. The van der Waals surface area contributed by atoms with Crippen LogP contribution in [0.15, 0.2) is 42.5 Å². The van der Waals surface area contributed by atoms with E-state index in [9.17, 15) is 39.9 Å². The van der Waals surface area contributed by atoms with Crippen LogP contribution in [0.5, 0.6) is 0 Å². The van der Waals surface area contributed by atoms with Gasteiger partial charge in [0.2, 0.25) is 0 Å². The van der Waals surface area contributed by atoms with Crippen molar-refractivity contribution in [2.75, 3.05) is 0 Å². The third-order valence-corrected chi connectivity index (χ3v) is 5.09. The molecule has 1 heterocycles. The average Bonchev–Trinajstić information content (AvgIpc) is 3.10. The van der Waals surface area contributed by atoms with Gasteiger partial charge in [0.05, 0.1) is 41.2 Å². The fourth-order valence-corrected chi connectivity index (χ4v) is 3.62. The normalized spacial score (nSPS) is 13.5. The minimum absolute atomic E-state index is 0.323. The summed E-state index contributed by atoms with van der Waals surface area (Å²) in [6.07, 6.45) is -11.2. The molecule has 1 unspecified atom stereocenters. The number of nitrogens with one attached hydrogen (secondary N) is 1. The average molecular weight is 504 g/mol. The van der Waals surface area contributed by atoms with Gasteiger partial charge < -0.3 is 15.6 Å². The molecule has 0 spiro atoms. The maximum Gasteiger partial charge on any atom is 0.418 e. The molecule has 13 heteroatoms. The van der Waals surface area contributed by atoms with Gasteiger partial charge in [-0.15, -0.1) is 0 Å². The van der Waals surface area contributed by atoms with Crippen LogP contribution >= 0.6 is 0 Å². The van der Waals surface area contributed by atoms with Gasteiger partial charge in [-0.3, -0.25) is 4.79 Å². The van der Waals surface area contributed by atoms with Crippen LogP contribution in [-0.4, -0.2) is 16.6 Å². The van der Waals surface area contributed by atoms with Crippen LogP contribution in [0.4, 0.5) is 35.1 Å². The van der Waals surface area contributed by atoms with Crippen LogP contribution in [0.3, 0.4) is 0 Å². The Hall–Kier alpha value is -3.66. The van der Waals surface area contributed by atoms with E-state index >= 15 is 0 Å². The van der Waals surface area contributed by atoms with Gasteiger partial charge in [-0.1, -0.05) is 6.07 Å². The Morgan fingerprint density at radius 2 is 1.71 bits per heavy atom. The molecule has 2 aromatic carbocycles. The Morgan fingerprint density at radius 1 is 1.06 bits per heavy atom. The number of halogens is 8. The maximum absolute atomic E-state index is 14.3. The van der Waals surface area contributed by atoms with Gasteiger partial charge in [0, 0.05) is 23.4 Å². The molecule has 35 heavy (non-hydrogen) atoms. The molecule has 186 valence electrons. The Morgan fingerprint density at radius 3 is 2.26 bits per heavy atom. The lowest BCUT2D eigenvalue weighted by Crippen LogP contribution is -2.45. The molecular formula is C22H16F8N4O. The van der Waals surface area contributed by atoms with Crippen LogP contribution in [-0.2, 0) is 24.8 Å². The van der Waals surface area contributed by atoms with Gasteiger partial charge in [0.15, 0.2) is 0 Å². The number of nitriles is 1. The first-order chi connectivity index (χ1) is 16.0. The molecule has 3 N–H and O–H groups in total. The van der Waals surface area contributed by atoms with Gasteiger partial charge in [-0.05, 0) is 36.4 Å². The molecule has 3 aromatic rings. The van der Waals surface area contributed by atoms with Gasteiger partial charge in [0.1, 0.15) is 0 Å². The van der Waals surface area contributed by atoms with Crippen molar-refractivity contribution in [2.45, 2.75) is 37.9 Å². The molecule has 0 aliphatic carbocycles. The first kappa shape index (κ1) is 26.0. The number of rotatable bonds is 5. The first-order valence-corrected chi connectivity index (χ1v) is 9.79. The number of aromatic nitrogens is 1. The highest BCUT2D eigenvalue weighted by Crippen LogP contribution is 2.41. The van der Waals surface area contributed by atoms with E-state index in [1.165, 1.54) is 6.07 Å². The molecule has 1 amide bonds. The molecular weight excluding hydrogens is 488 g/mol. The van der Waals surface area contributed by atoms with Crippen LogP contribution in [0.1, 0.15) is 39.7 Å². The van der Waals surface area contributed by atoms with E-state index in [0.29, 0.717) is 19.1 Å². The summed E-state index contributed by atoms with van der Waals surface area (Å²) in [7, 11) is 0. The van der Waals surface area contributed by atoms with Gasteiger partial charge in [-0.2, -0.15) is 31.6 Å². The van der Waals surface area contributed by atoms with Crippen molar-refractivity contribution in [3.8, 4) is 6.07 Å². The standard InChI is InChI=1S/C22H16F8N4O/c1-20(23,24)16-8-14-15(6-5-12(9-31)18(14)22(28,29)30)34(16)10-17(32)33-19(35)11-3-2-4-13(7-11)21(25,26)27/h2-8,17H,10,32H2,1H3,(H,33,35). The SMILES string of the molecule is CC(F)(F)c1cc2c(C(F)(F)F)c(C#N)ccc2n1CC(N)NC(=O)c1cccc(C(F)(F)F)c1. The highest BCUT2D eigenvalue weighted by atomic mass is 19.4. The van der Waals surface area contributed by atoms with Crippen LogP contribution < -0.4 is 11.1 Å². The van der Waals surface area contributed by atoms with Gasteiger partial charge >= 0.3 is 12.4 Å². The van der Waals surface area contributed by atoms with Crippen LogP contribution in [0.25, 0.3) is 10.9 Å². The minimum atomic E-state index is -5.03. The van der Waals surface area contributed by atoms with Gasteiger partial charge in [-0.25, -0.2) is 8.78 Å². The van der Waals surface area contributed by atoms with Crippen molar-refractivity contribution in [3.63, 3.8) is 0 Å². The van der Waals surface area contributed by atoms with E-state index in [1.807, 2.05) is 0 Å². The molecule has 0 bridgehead atoms. The summed E-state index contributed by atoms with van der Waals surface area (Å²) in [5, 5.41) is 10.5. The third kappa shape index (κ3) is 5.37. The number of carbonyl (C=O) groups excluding carboxylic acids is 1. The second kappa shape index (κ2) is 8.84. The largest absolute Gasteiger partial charge is 0.418 e. The van der Waals surface area contributed by atoms with Crippen LogP contribution in [0, 0.1) is 11.3 Å². The summed E-state index contributed by atoms with van der Waals surface area (Å²) in [5.41, 5.74) is 0.950. The van der Waals surface area contributed by atoms with Crippen molar-refractivity contribution < 1.29 is 39.9 Å². The van der Waals surface area contributed by atoms with E-state index in [0.717, 1.165) is 34.9 Å². The number of hydrogen-bond donors (Lipinski definition) is 2. The molecule has 0 aliphatic rings. The predicted octanol–water partition coefficient (Wildman–Crippen LogP) is 5.38. The second-order valence-corrected chi connectivity index (χ2v) is 7.72. The highest BCUT2D eigenvalue weighted by molar-refractivity contribution is 5.94. The zero-order valence-electron chi connectivity index (χ0n) is 17.7. The number of alkyl halides is 8.